The first kappa shape index (κ1) is 10.7. The number of aliphatic hydroxyl groups excluding tert-OH is 1. The van der Waals surface area contributed by atoms with Crippen molar-refractivity contribution in [1.29, 1.82) is 0 Å². The van der Waals surface area contributed by atoms with E-state index in [4.69, 9.17) is 14.3 Å². The van der Waals surface area contributed by atoms with Crippen molar-refractivity contribution in [1.82, 2.24) is 0 Å². The lowest BCUT2D eigenvalue weighted by molar-refractivity contribution is -0.104. The lowest BCUT2D eigenvalue weighted by atomic mass is 10.4. The molecule has 1 rings (SSSR count). The van der Waals surface area contributed by atoms with E-state index in [0.717, 1.165) is 5.76 Å². The Morgan fingerprint density at radius 3 is 2.42 bits per heavy atom. The fraction of sp³-hybridized carbons (Fsp3) is 0.222. The summed E-state index contributed by atoms with van der Waals surface area (Å²) in [7, 11) is 0. The van der Waals surface area contributed by atoms with E-state index in [2.05, 4.69) is 6.58 Å². The highest BCUT2D eigenvalue weighted by atomic mass is 16.4. The van der Waals surface area contributed by atoms with E-state index in [-0.39, 0.29) is 6.61 Å². The molecule has 0 atom stereocenters. The van der Waals surface area contributed by atoms with E-state index in [9.17, 15) is 0 Å². The van der Waals surface area contributed by atoms with Crippen LogP contribution in [0.15, 0.2) is 29.2 Å². The van der Waals surface area contributed by atoms with Crippen LogP contribution >= 0.6 is 0 Å². The predicted molar refractivity (Wildman–Crippen MR) is 45.6 cm³/mol. The van der Waals surface area contributed by atoms with Crippen molar-refractivity contribution in [3.05, 3.63) is 36.3 Å². The minimum absolute atomic E-state index is 0.00611. The van der Waals surface area contributed by atoms with Gasteiger partial charge in [0.2, 0.25) is 0 Å². The second kappa shape index (κ2) is 6.37. The third kappa shape index (κ3) is 4.46. The quantitative estimate of drug-likeness (QED) is 0.537. The molecule has 0 spiro atoms. The molecule has 1 N–H and O–H groups in total. The zero-order chi connectivity index (χ0) is 9.40. The van der Waals surface area contributed by atoms with Crippen LogP contribution in [0.1, 0.15) is 11.5 Å². The Balaban J connectivity index is 0.000000261. The second-order valence-corrected chi connectivity index (χ2v) is 2.04. The van der Waals surface area contributed by atoms with Crippen molar-refractivity contribution in [3.8, 4) is 0 Å². The highest BCUT2D eigenvalue weighted by molar-refractivity contribution is 5.63. The number of carbonyl (C=O) groups excluding carboxylic acids is 1. The van der Waals surface area contributed by atoms with E-state index in [1.54, 1.807) is 6.07 Å². The van der Waals surface area contributed by atoms with Crippen molar-refractivity contribution in [3.63, 3.8) is 0 Å². The van der Waals surface area contributed by atoms with Gasteiger partial charge in [-0.3, -0.25) is 4.79 Å². The maximum atomic E-state index is 9.06. The largest absolute Gasteiger partial charge is 0.464 e. The third-order valence-corrected chi connectivity index (χ3v) is 1.05. The zero-order valence-electron chi connectivity index (χ0n) is 6.99. The van der Waals surface area contributed by atoms with E-state index >= 15 is 0 Å². The molecule has 1 aromatic rings. The van der Waals surface area contributed by atoms with E-state index in [1.807, 2.05) is 13.0 Å². The molecule has 12 heavy (non-hydrogen) atoms. The number of furan rings is 1. The third-order valence-electron chi connectivity index (χ3n) is 1.05. The Hall–Kier alpha value is -1.35. The van der Waals surface area contributed by atoms with Gasteiger partial charge in [0.15, 0.2) is 0 Å². The van der Waals surface area contributed by atoms with E-state index in [0.29, 0.717) is 12.0 Å². The lowest BCUT2D eigenvalue weighted by Crippen LogP contribution is -1.73. The van der Waals surface area contributed by atoms with Crippen molar-refractivity contribution < 1.29 is 14.3 Å². The average molecular weight is 168 g/mol. The number of carbonyl (C=O) groups is 1. The topological polar surface area (TPSA) is 50.4 Å². The molecule has 0 bridgehead atoms. The fourth-order valence-corrected chi connectivity index (χ4v) is 0.570. The summed E-state index contributed by atoms with van der Waals surface area (Å²) in [4.78, 5) is 9.06. The van der Waals surface area contributed by atoms with Crippen LogP contribution in [0.25, 0.3) is 0 Å². The minimum Gasteiger partial charge on any atom is -0.464 e. The van der Waals surface area contributed by atoms with Crippen LogP contribution in [0.5, 0.6) is 0 Å². The van der Waals surface area contributed by atoms with E-state index in [1.165, 1.54) is 6.08 Å². The second-order valence-electron chi connectivity index (χ2n) is 2.04. The van der Waals surface area contributed by atoms with Crippen LogP contribution in [0.2, 0.25) is 0 Å². The summed E-state index contributed by atoms with van der Waals surface area (Å²) in [6, 6.07) is 3.58. The summed E-state index contributed by atoms with van der Waals surface area (Å²) >= 11 is 0. The van der Waals surface area contributed by atoms with Gasteiger partial charge in [0.25, 0.3) is 0 Å². The first-order valence-electron chi connectivity index (χ1n) is 3.47. The molecule has 0 saturated heterocycles. The molecule has 0 amide bonds. The number of aldehydes is 1. The fourth-order valence-electron chi connectivity index (χ4n) is 0.570. The Morgan fingerprint density at radius 1 is 1.67 bits per heavy atom. The van der Waals surface area contributed by atoms with Gasteiger partial charge in [0.1, 0.15) is 24.4 Å². The van der Waals surface area contributed by atoms with Crippen molar-refractivity contribution in [2.24, 2.45) is 0 Å². The first-order chi connectivity index (χ1) is 5.74. The van der Waals surface area contributed by atoms with Crippen molar-refractivity contribution in [2.45, 2.75) is 13.5 Å². The van der Waals surface area contributed by atoms with Gasteiger partial charge in [-0.2, -0.15) is 0 Å². The van der Waals surface area contributed by atoms with Gasteiger partial charge >= 0.3 is 0 Å². The maximum Gasteiger partial charge on any atom is 0.142 e. The molecule has 3 heteroatoms. The van der Waals surface area contributed by atoms with Crippen LogP contribution < -0.4 is 0 Å². The molecule has 66 valence electrons. The standard InChI is InChI=1S/C6H8O2.C3H4O/c1-5-2-3-6(4-7)8-5;1-2-3-4/h2-3,7H,4H2,1H3;2-3H,1H2. The number of hydrogen-bond acceptors (Lipinski definition) is 3. The summed E-state index contributed by atoms with van der Waals surface area (Å²) in [6.07, 6.45) is 1.83. The monoisotopic (exact) mass is 168 g/mol. The summed E-state index contributed by atoms with van der Waals surface area (Å²) in [5.41, 5.74) is 0. The molecular formula is C9H12O3. The Kier molecular flexibility index (Phi) is 5.65. The molecule has 0 aliphatic heterocycles. The molecule has 0 aliphatic rings. The molecule has 3 nitrogen and oxygen atoms in total. The summed E-state index contributed by atoms with van der Waals surface area (Å²) in [5, 5.41) is 8.46. The van der Waals surface area contributed by atoms with E-state index < -0.39 is 0 Å². The van der Waals surface area contributed by atoms with Gasteiger partial charge in [-0.1, -0.05) is 6.58 Å². The van der Waals surface area contributed by atoms with Gasteiger partial charge in [-0.05, 0) is 25.1 Å². The van der Waals surface area contributed by atoms with Crippen LogP contribution in [-0.2, 0) is 11.4 Å². The molecule has 0 aromatic carbocycles. The Bertz CT molecular complexity index is 232. The van der Waals surface area contributed by atoms with Gasteiger partial charge < -0.3 is 9.52 Å². The number of hydrogen-bond donors (Lipinski definition) is 1. The summed E-state index contributed by atoms with van der Waals surface area (Å²) in [5.74, 6) is 1.47. The van der Waals surface area contributed by atoms with Crippen LogP contribution in [0.3, 0.4) is 0 Å². The lowest BCUT2D eigenvalue weighted by Gasteiger charge is -1.82. The zero-order valence-corrected chi connectivity index (χ0v) is 6.99. The molecule has 0 saturated carbocycles. The summed E-state index contributed by atoms with van der Waals surface area (Å²) < 4.78 is 4.98. The molecule has 0 unspecified atom stereocenters. The SMILES string of the molecule is C=CC=O.Cc1ccc(CO)o1. The number of aliphatic hydroxyl groups is 1. The summed E-state index contributed by atoms with van der Waals surface area (Å²) in [6.45, 7) is 4.95. The molecular weight excluding hydrogens is 156 g/mol. The Labute approximate surface area is 71.3 Å². The molecule has 0 fully saturated rings. The number of allylic oxidation sites excluding steroid dienone is 1. The van der Waals surface area contributed by atoms with Crippen LogP contribution in [0, 0.1) is 6.92 Å². The smallest absolute Gasteiger partial charge is 0.142 e. The minimum atomic E-state index is -0.00611. The molecule has 1 aromatic heterocycles. The molecule has 1 heterocycles. The molecule has 0 radical (unpaired) electrons. The maximum absolute atomic E-state index is 9.06. The van der Waals surface area contributed by atoms with Crippen LogP contribution in [-0.4, -0.2) is 11.4 Å². The Morgan fingerprint density at radius 2 is 2.25 bits per heavy atom. The van der Waals surface area contributed by atoms with Gasteiger partial charge in [-0.15, -0.1) is 0 Å². The molecule has 0 aliphatic carbocycles. The average Bonchev–Trinajstić information content (AvgIpc) is 2.52. The first-order valence-corrected chi connectivity index (χ1v) is 3.47. The number of rotatable bonds is 2. The van der Waals surface area contributed by atoms with Gasteiger partial charge in [-0.25, -0.2) is 0 Å². The van der Waals surface area contributed by atoms with Gasteiger partial charge in [0.05, 0.1) is 0 Å². The highest BCUT2D eigenvalue weighted by Crippen LogP contribution is 2.04. The van der Waals surface area contributed by atoms with Gasteiger partial charge in [0, 0.05) is 0 Å². The highest BCUT2D eigenvalue weighted by Gasteiger charge is 1.92. The van der Waals surface area contributed by atoms with Crippen LogP contribution in [0.4, 0.5) is 0 Å². The normalized spacial score (nSPS) is 8.17. The number of aryl methyl sites for hydroxylation is 1. The van der Waals surface area contributed by atoms with Crippen molar-refractivity contribution in [2.75, 3.05) is 0 Å². The van der Waals surface area contributed by atoms with Crippen molar-refractivity contribution >= 4 is 6.29 Å². The predicted octanol–water partition coefficient (Wildman–Crippen LogP) is 1.45.